The first kappa shape index (κ1) is 22.4. The molecule has 1 aliphatic heterocycles. The first-order chi connectivity index (χ1) is 15.1. The minimum atomic E-state index is 0.124. The molecule has 31 heavy (non-hydrogen) atoms. The number of anilines is 1. The topological polar surface area (TPSA) is 58.1 Å². The Labute approximate surface area is 185 Å². The number of ether oxygens (including phenoxy) is 2. The zero-order valence-electron chi connectivity index (χ0n) is 18.6. The molecule has 1 saturated heterocycles. The summed E-state index contributed by atoms with van der Waals surface area (Å²) in [4.78, 5) is 6.83. The van der Waals surface area contributed by atoms with E-state index >= 15 is 0 Å². The van der Waals surface area contributed by atoms with E-state index in [0.29, 0.717) is 18.0 Å². The van der Waals surface area contributed by atoms with Crippen molar-refractivity contribution in [3.63, 3.8) is 0 Å². The monoisotopic (exact) mass is 420 g/mol. The number of methoxy groups -OCH3 is 1. The summed E-state index contributed by atoms with van der Waals surface area (Å²) in [6.07, 6.45) is 7.85. The summed E-state index contributed by atoms with van der Waals surface area (Å²) in [5.74, 6) is 4.51. The van der Waals surface area contributed by atoms with E-state index in [2.05, 4.69) is 57.6 Å². The van der Waals surface area contributed by atoms with Crippen LogP contribution in [0.2, 0.25) is 0 Å². The molecule has 0 bridgehead atoms. The molecule has 1 atom stereocenters. The van der Waals surface area contributed by atoms with Gasteiger partial charge in [0.1, 0.15) is 6.61 Å². The van der Waals surface area contributed by atoms with E-state index in [1.54, 1.807) is 14.2 Å². The third-order valence-corrected chi connectivity index (χ3v) is 5.42. The second kappa shape index (κ2) is 11.2. The molecule has 2 aromatic carbocycles. The molecule has 1 fully saturated rings. The predicted molar refractivity (Wildman–Crippen MR) is 127 cm³/mol. The first-order valence-corrected chi connectivity index (χ1v) is 10.7. The van der Waals surface area contributed by atoms with Crippen molar-refractivity contribution in [3.05, 3.63) is 53.6 Å². The molecule has 6 heteroatoms. The van der Waals surface area contributed by atoms with Crippen molar-refractivity contribution in [2.45, 2.75) is 32.4 Å². The fraction of sp³-hybridized carbons (Fsp3) is 0.400. The Morgan fingerprint density at radius 2 is 2.00 bits per heavy atom. The summed E-state index contributed by atoms with van der Waals surface area (Å²) in [5.41, 5.74) is 3.57. The highest BCUT2D eigenvalue weighted by Crippen LogP contribution is 2.28. The fourth-order valence-electron chi connectivity index (χ4n) is 3.70. The maximum Gasteiger partial charge on any atom is 0.191 e. The summed E-state index contributed by atoms with van der Waals surface area (Å²) in [5, 5.41) is 6.85. The van der Waals surface area contributed by atoms with Gasteiger partial charge in [-0.25, -0.2) is 0 Å². The lowest BCUT2D eigenvalue weighted by Gasteiger charge is -2.22. The van der Waals surface area contributed by atoms with Crippen molar-refractivity contribution < 1.29 is 9.47 Å². The molecule has 3 rings (SSSR count). The van der Waals surface area contributed by atoms with E-state index in [-0.39, 0.29) is 12.6 Å². The molecule has 0 saturated carbocycles. The highest BCUT2D eigenvalue weighted by Gasteiger charge is 2.14. The molecule has 2 N–H and O–H groups in total. The smallest absolute Gasteiger partial charge is 0.191 e. The van der Waals surface area contributed by atoms with Gasteiger partial charge in [-0.05, 0) is 55.2 Å². The lowest BCUT2D eigenvalue weighted by Crippen LogP contribution is -2.38. The highest BCUT2D eigenvalue weighted by atomic mass is 16.5. The van der Waals surface area contributed by atoms with E-state index in [0.717, 1.165) is 24.6 Å². The van der Waals surface area contributed by atoms with Crippen LogP contribution in [0.4, 0.5) is 5.69 Å². The number of hydrogen-bond acceptors (Lipinski definition) is 4. The van der Waals surface area contributed by atoms with E-state index in [1.165, 1.54) is 24.1 Å². The Morgan fingerprint density at radius 1 is 1.19 bits per heavy atom. The molecule has 0 radical (unpaired) electrons. The van der Waals surface area contributed by atoms with Gasteiger partial charge < -0.3 is 25.0 Å². The summed E-state index contributed by atoms with van der Waals surface area (Å²) in [6, 6.07) is 14.7. The maximum atomic E-state index is 5.59. The van der Waals surface area contributed by atoms with Gasteiger partial charge in [-0.2, -0.15) is 0 Å². The van der Waals surface area contributed by atoms with Crippen LogP contribution in [-0.4, -0.2) is 39.8 Å². The second-order valence-corrected chi connectivity index (χ2v) is 7.56. The van der Waals surface area contributed by atoms with Gasteiger partial charge in [-0.1, -0.05) is 24.1 Å². The van der Waals surface area contributed by atoms with Crippen LogP contribution in [0.25, 0.3) is 0 Å². The van der Waals surface area contributed by atoms with Crippen molar-refractivity contribution in [2.24, 2.45) is 4.99 Å². The SMILES string of the molecule is C#CCOc1cc(CNC(=NC)NC(C)c2cccc(N3CCCC3)c2)ccc1OC. The summed E-state index contributed by atoms with van der Waals surface area (Å²) < 4.78 is 10.9. The molecule has 1 unspecified atom stereocenters. The van der Waals surface area contributed by atoms with E-state index in [4.69, 9.17) is 15.9 Å². The van der Waals surface area contributed by atoms with Crippen LogP contribution in [0, 0.1) is 12.3 Å². The highest BCUT2D eigenvalue weighted by molar-refractivity contribution is 5.80. The molecule has 0 aliphatic carbocycles. The molecule has 1 aliphatic rings. The number of hydrogen-bond donors (Lipinski definition) is 2. The van der Waals surface area contributed by atoms with Crippen molar-refractivity contribution in [3.8, 4) is 23.8 Å². The lowest BCUT2D eigenvalue weighted by atomic mass is 10.1. The summed E-state index contributed by atoms with van der Waals surface area (Å²) in [7, 11) is 3.39. The van der Waals surface area contributed by atoms with Crippen LogP contribution < -0.4 is 25.0 Å². The molecule has 0 amide bonds. The van der Waals surface area contributed by atoms with Gasteiger partial charge in [0.15, 0.2) is 17.5 Å². The third kappa shape index (κ3) is 6.08. The number of nitrogens with zero attached hydrogens (tertiary/aromatic N) is 2. The van der Waals surface area contributed by atoms with Crippen LogP contribution in [0.15, 0.2) is 47.5 Å². The van der Waals surface area contributed by atoms with Gasteiger partial charge >= 0.3 is 0 Å². The quantitative estimate of drug-likeness (QED) is 0.387. The van der Waals surface area contributed by atoms with Crippen molar-refractivity contribution in [1.29, 1.82) is 0 Å². The zero-order chi connectivity index (χ0) is 22.1. The Balaban J connectivity index is 1.61. The molecule has 6 nitrogen and oxygen atoms in total. The zero-order valence-corrected chi connectivity index (χ0v) is 18.6. The van der Waals surface area contributed by atoms with E-state index in [9.17, 15) is 0 Å². The Morgan fingerprint density at radius 3 is 2.71 bits per heavy atom. The molecule has 0 aromatic heterocycles. The van der Waals surface area contributed by atoms with Crippen molar-refractivity contribution in [1.82, 2.24) is 10.6 Å². The molecule has 2 aromatic rings. The van der Waals surface area contributed by atoms with E-state index < -0.39 is 0 Å². The normalized spacial score (nSPS) is 14.6. The maximum absolute atomic E-state index is 5.59. The predicted octanol–water partition coefficient (Wildman–Crippen LogP) is 3.73. The number of nitrogens with one attached hydrogen (secondary N) is 2. The molecular weight excluding hydrogens is 388 g/mol. The largest absolute Gasteiger partial charge is 0.493 e. The Kier molecular flexibility index (Phi) is 8.05. The second-order valence-electron chi connectivity index (χ2n) is 7.56. The average Bonchev–Trinajstić information content (AvgIpc) is 3.35. The van der Waals surface area contributed by atoms with Crippen LogP contribution in [-0.2, 0) is 6.54 Å². The lowest BCUT2D eigenvalue weighted by molar-refractivity contribution is 0.330. The third-order valence-electron chi connectivity index (χ3n) is 5.42. The Bertz CT molecular complexity index is 929. The standard InChI is InChI=1S/C25H32N4O2/c1-5-15-31-24-16-20(11-12-23(24)30-4)18-27-25(26-3)28-19(2)21-9-8-10-22(17-21)29-13-6-7-14-29/h1,8-12,16-17,19H,6-7,13-15,18H2,2-4H3,(H2,26,27,28). The number of terminal acetylenes is 1. The summed E-state index contributed by atoms with van der Waals surface area (Å²) in [6.45, 7) is 5.23. The van der Waals surface area contributed by atoms with Crippen molar-refractivity contribution in [2.75, 3.05) is 38.8 Å². The van der Waals surface area contributed by atoms with Crippen LogP contribution in [0.1, 0.15) is 36.9 Å². The molecule has 0 spiro atoms. The van der Waals surface area contributed by atoms with Gasteiger partial charge in [-0.15, -0.1) is 6.42 Å². The minimum Gasteiger partial charge on any atom is -0.493 e. The van der Waals surface area contributed by atoms with E-state index in [1.807, 2.05) is 18.2 Å². The van der Waals surface area contributed by atoms with Crippen LogP contribution >= 0.6 is 0 Å². The van der Waals surface area contributed by atoms with Gasteiger partial charge in [-0.3, -0.25) is 4.99 Å². The van der Waals surface area contributed by atoms with Gasteiger partial charge in [0.25, 0.3) is 0 Å². The molecule has 164 valence electrons. The van der Waals surface area contributed by atoms with Gasteiger partial charge in [0, 0.05) is 32.4 Å². The minimum absolute atomic E-state index is 0.124. The van der Waals surface area contributed by atoms with Crippen LogP contribution in [0.5, 0.6) is 11.5 Å². The van der Waals surface area contributed by atoms with Gasteiger partial charge in [0.2, 0.25) is 0 Å². The number of aliphatic imine (C=N–C) groups is 1. The first-order valence-electron chi connectivity index (χ1n) is 10.7. The molecule has 1 heterocycles. The van der Waals surface area contributed by atoms with Crippen molar-refractivity contribution >= 4 is 11.6 Å². The fourth-order valence-corrected chi connectivity index (χ4v) is 3.70. The number of benzene rings is 2. The summed E-state index contributed by atoms with van der Waals surface area (Å²) >= 11 is 0. The van der Waals surface area contributed by atoms with Crippen LogP contribution in [0.3, 0.4) is 0 Å². The Hall–Kier alpha value is -3.33. The number of guanidine groups is 1. The van der Waals surface area contributed by atoms with Gasteiger partial charge in [0.05, 0.1) is 13.2 Å². The average molecular weight is 421 g/mol. The number of rotatable bonds is 8. The molecular formula is C25H32N4O2.